The summed E-state index contributed by atoms with van der Waals surface area (Å²) in [5, 5.41) is 6.96. The van der Waals surface area contributed by atoms with Gasteiger partial charge in [-0.05, 0) is 54.5 Å². The van der Waals surface area contributed by atoms with Crippen LogP contribution in [0.1, 0.15) is 31.2 Å². The first-order chi connectivity index (χ1) is 15.1. The van der Waals surface area contributed by atoms with Crippen molar-refractivity contribution in [3.8, 4) is 11.5 Å². The van der Waals surface area contributed by atoms with Crippen molar-refractivity contribution >= 4 is 35.6 Å². The number of halogens is 1. The molecule has 0 amide bonds. The van der Waals surface area contributed by atoms with Crippen molar-refractivity contribution in [3.05, 3.63) is 54.1 Å². The number of benzene rings is 2. The van der Waals surface area contributed by atoms with Gasteiger partial charge in [-0.2, -0.15) is 0 Å². The Labute approximate surface area is 209 Å². The standard InChI is InChI=1S/C25H36N4O2.HI/c1-19(21-8-10-23(30-3)11-9-21)12-14-27-25(26-2)28-17-20-13-15-29(18-20)22-6-5-7-24(16-22)31-4;/h5-11,16,19-20H,12-15,17-18H2,1-4H3,(H2,26,27,28);1H. The lowest BCUT2D eigenvalue weighted by molar-refractivity contribution is 0.414. The summed E-state index contributed by atoms with van der Waals surface area (Å²) >= 11 is 0. The van der Waals surface area contributed by atoms with E-state index in [2.05, 4.69) is 57.8 Å². The Balaban J connectivity index is 0.00000363. The first-order valence-electron chi connectivity index (χ1n) is 11.1. The van der Waals surface area contributed by atoms with E-state index in [0.29, 0.717) is 11.8 Å². The monoisotopic (exact) mass is 552 g/mol. The van der Waals surface area contributed by atoms with Crippen LogP contribution in [0.2, 0.25) is 0 Å². The molecule has 0 radical (unpaired) electrons. The molecular formula is C25H37IN4O2. The van der Waals surface area contributed by atoms with Crippen molar-refractivity contribution < 1.29 is 9.47 Å². The smallest absolute Gasteiger partial charge is 0.190 e. The number of methoxy groups -OCH3 is 2. The molecule has 1 aliphatic heterocycles. The highest BCUT2D eigenvalue weighted by Crippen LogP contribution is 2.26. The van der Waals surface area contributed by atoms with Crippen LogP contribution in [0.5, 0.6) is 11.5 Å². The molecule has 0 bridgehead atoms. The van der Waals surface area contributed by atoms with Gasteiger partial charge >= 0.3 is 0 Å². The van der Waals surface area contributed by atoms with E-state index in [0.717, 1.165) is 50.1 Å². The maximum atomic E-state index is 5.36. The summed E-state index contributed by atoms with van der Waals surface area (Å²) < 4.78 is 10.6. The number of hydrogen-bond donors (Lipinski definition) is 2. The SMILES string of the molecule is CN=C(NCCC(C)c1ccc(OC)cc1)NCC1CCN(c2cccc(OC)c2)C1.I. The van der Waals surface area contributed by atoms with Gasteiger partial charge in [-0.25, -0.2) is 0 Å². The second-order valence-electron chi connectivity index (χ2n) is 8.14. The molecule has 0 spiro atoms. The van der Waals surface area contributed by atoms with Crippen LogP contribution in [-0.2, 0) is 0 Å². The van der Waals surface area contributed by atoms with Gasteiger partial charge in [-0.3, -0.25) is 4.99 Å². The third-order valence-corrected chi connectivity index (χ3v) is 6.04. The fourth-order valence-electron chi connectivity index (χ4n) is 4.01. The van der Waals surface area contributed by atoms with Crippen molar-refractivity contribution in [2.75, 3.05) is 52.3 Å². The molecule has 2 aromatic carbocycles. The van der Waals surface area contributed by atoms with E-state index in [4.69, 9.17) is 9.47 Å². The molecule has 2 aromatic rings. The molecule has 3 rings (SSSR count). The zero-order valence-corrected chi connectivity index (χ0v) is 22.0. The van der Waals surface area contributed by atoms with Crippen molar-refractivity contribution in [2.45, 2.75) is 25.7 Å². The maximum Gasteiger partial charge on any atom is 0.190 e. The maximum absolute atomic E-state index is 5.36. The molecule has 0 aromatic heterocycles. The van der Waals surface area contributed by atoms with Gasteiger partial charge in [0, 0.05) is 45.0 Å². The Morgan fingerprint density at radius 3 is 2.53 bits per heavy atom. The van der Waals surface area contributed by atoms with E-state index in [9.17, 15) is 0 Å². The molecule has 2 unspecified atom stereocenters. The minimum atomic E-state index is 0. The summed E-state index contributed by atoms with van der Waals surface area (Å²) in [6.07, 6.45) is 2.22. The Morgan fingerprint density at radius 2 is 1.84 bits per heavy atom. The average molecular weight is 553 g/mol. The lowest BCUT2D eigenvalue weighted by atomic mass is 9.98. The van der Waals surface area contributed by atoms with E-state index in [-0.39, 0.29) is 24.0 Å². The number of nitrogens with one attached hydrogen (secondary N) is 2. The summed E-state index contributed by atoms with van der Waals surface area (Å²) in [4.78, 5) is 6.82. The number of guanidine groups is 1. The van der Waals surface area contributed by atoms with Crippen LogP contribution in [0, 0.1) is 5.92 Å². The predicted octanol–water partition coefficient (Wildman–Crippen LogP) is 4.51. The highest BCUT2D eigenvalue weighted by molar-refractivity contribution is 14.0. The molecule has 0 saturated carbocycles. The van der Waals surface area contributed by atoms with Crippen LogP contribution < -0.4 is 25.0 Å². The van der Waals surface area contributed by atoms with Crippen LogP contribution in [0.15, 0.2) is 53.5 Å². The third kappa shape index (κ3) is 7.46. The second-order valence-corrected chi connectivity index (χ2v) is 8.14. The summed E-state index contributed by atoms with van der Waals surface area (Å²) in [6, 6.07) is 16.6. The van der Waals surface area contributed by atoms with Crippen molar-refractivity contribution in [1.29, 1.82) is 0 Å². The van der Waals surface area contributed by atoms with Crippen molar-refractivity contribution in [2.24, 2.45) is 10.9 Å². The molecule has 1 saturated heterocycles. The quantitative estimate of drug-likeness (QED) is 0.273. The van der Waals surface area contributed by atoms with E-state index < -0.39 is 0 Å². The first-order valence-corrected chi connectivity index (χ1v) is 11.1. The van der Waals surface area contributed by atoms with Gasteiger partial charge in [0.25, 0.3) is 0 Å². The Kier molecular flexibility index (Phi) is 10.9. The van der Waals surface area contributed by atoms with Crippen molar-refractivity contribution in [1.82, 2.24) is 10.6 Å². The van der Waals surface area contributed by atoms with Gasteiger partial charge in [-0.1, -0.05) is 25.1 Å². The zero-order valence-electron chi connectivity index (χ0n) is 19.6. The van der Waals surface area contributed by atoms with Gasteiger partial charge in [-0.15, -0.1) is 24.0 Å². The fourth-order valence-corrected chi connectivity index (χ4v) is 4.01. The summed E-state index contributed by atoms with van der Waals surface area (Å²) in [6.45, 7) is 6.18. The Bertz CT molecular complexity index is 844. The van der Waals surface area contributed by atoms with Crippen molar-refractivity contribution in [3.63, 3.8) is 0 Å². The molecular weight excluding hydrogens is 515 g/mol. The van der Waals surface area contributed by atoms with E-state index in [1.807, 2.05) is 25.2 Å². The molecule has 2 N–H and O–H groups in total. The summed E-state index contributed by atoms with van der Waals surface area (Å²) in [5.41, 5.74) is 2.56. The molecule has 2 atom stereocenters. The van der Waals surface area contributed by atoms with Crippen LogP contribution in [0.3, 0.4) is 0 Å². The topological polar surface area (TPSA) is 58.1 Å². The number of rotatable bonds is 9. The first kappa shape index (κ1) is 26.1. The largest absolute Gasteiger partial charge is 0.497 e. The van der Waals surface area contributed by atoms with Crippen LogP contribution in [0.4, 0.5) is 5.69 Å². The van der Waals surface area contributed by atoms with E-state index in [1.165, 1.54) is 17.7 Å². The molecule has 176 valence electrons. The Morgan fingerprint density at radius 1 is 1.09 bits per heavy atom. The van der Waals surface area contributed by atoms with Crippen LogP contribution >= 0.6 is 24.0 Å². The zero-order chi connectivity index (χ0) is 22.1. The highest BCUT2D eigenvalue weighted by Gasteiger charge is 2.23. The predicted molar refractivity (Wildman–Crippen MR) is 144 cm³/mol. The van der Waals surface area contributed by atoms with Crippen LogP contribution in [0.25, 0.3) is 0 Å². The highest BCUT2D eigenvalue weighted by atomic mass is 127. The van der Waals surface area contributed by atoms with Gasteiger partial charge in [0.05, 0.1) is 14.2 Å². The number of hydrogen-bond acceptors (Lipinski definition) is 4. The number of anilines is 1. The van der Waals surface area contributed by atoms with Gasteiger partial charge < -0.3 is 25.0 Å². The summed E-state index contributed by atoms with van der Waals surface area (Å²) in [5.74, 6) is 3.76. The Hall–Kier alpha value is -2.16. The fraction of sp³-hybridized carbons (Fsp3) is 0.480. The van der Waals surface area contributed by atoms with Gasteiger partial charge in [0.1, 0.15) is 11.5 Å². The molecule has 0 aliphatic carbocycles. The molecule has 7 heteroatoms. The average Bonchev–Trinajstić information content (AvgIpc) is 3.30. The molecule has 32 heavy (non-hydrogen) atoms. The van der Waals surface area contributed by atoms with E-state index >= 15 is 0 Å². The molecule has 6 nitrogen and oxygen atoms in total. The molecule has 1 fully saturated rings. The number of aliphatic imine (C=N–C) groups is 1. The normalized spacial score (nSPS) is 16.8. The lowest BCUT2D eigenvalue weighted by Crippen LogP contribution is -2.40. The van der Waals surface area contributed by atoms with Crippen LogP contribution in [-0.4, -0.2) is 53.4 Å². The second kappa shape index (κ2) is 13.4. The van der Waals surface area contributed by atoms with Gasteiger partial charge in [0.15, 0.2) is 5.96 Å². The van der Waals surface area contributed by atoms with E-state index in [1.54, 1.807) is 14.2 Å². The minimum absolute atomic E-state index is 0. The number of ether oxygens (including phenoxy) is 2. The lowest BCUT2D eigenvalue weighted by Gasteiger charge is -2.20. The third-order valence-electron chi connectivity index (χ3n) is 6.04. The molecule has 1 heterocycles. The van der Waals surface area contributed by atoms with Gasteiger partial charge in [0.2, 0.25) is 0 Å². The summed E-state index contributed by atoms with van der Waals surface area (Å²) in [7, 11) is 5.24. The minimum Gasteiger partial charge on any atom is -0.497 e. The number of nitrogens with zero attached hydrogens (tertiary/aromatic N) is 2. The molecule has 1 aliphatic rings.